The number of nitrogens with zero attached hydrogens (tertiary/aromatic N) is 3. The van der Waals surface area contributed by atoms with Crippen molar-refractivity contribution in [3.63, 3.8) is 0 Å². The molecular weight excluding hydrogens is 346 g/mol. The molecule has 4 aromatic rings. The number of fused-ring (bicyclic) bond motifs is 1. The van der Waals surface area contributed by atoms with Crippen LogP contribution < -0.4 is 0 Å². The van der Waals surface area contributed by atoms with Crippen molar-refractivity contribution >= 4 is 44.7 Å². The SMILES string of the molecule is Cc1sc2ncnc(SCc3cc(-c4cccs4)on3)c2c1C. The van der Waals surface area contributed by atoms with Crippen molar-refractivity contribution in [3.8, 4) is 10.6 Å². The molecule has 4 nitrogen and oxygen atoms in total. The minimum atomic E-state index is 0.731. The lowest BCUT2D eigenvalue weighted by Crippen LogP contribution is -1.87. The van der Waals surface area contributed by atoms with Crippen LogP contribution in [0, 0.1) is 13.8 Å². The average Bonchev–Trinajstić information content (AvgIpc) is 3.27. The van der Waals surface area contributed by atoms with Crippen LogP contribution in [0.15, 0.2) is 39.5 Å². The molecule has 116 valence electrons. The van der Waals surface area contributed by atoms with Gasteiger partial charge in [-0.2, -0.15) is 0 Å². The van der Waals surface area contributed by atoms with Crippen molar-refractivity contribution in [1.82, 2.24) is 15.1 Å². The van der Waals surface area contributed by atoms with Crippen LogP contribution in [0.4, 0.5) is 0 Å². The first kappa shape index (κ1) is 14.9. The Labute approximate surface area is 145 Å². The largest absolute Gasteiger partial charge is 0.355 e. The lowest BCUT2D eigenvalue weighted by molar-refractivity contribution is 0.427. The van der Waals surface area contributed by atoms with E-state index in [9.17, 15) is 0 Å². The maximum Gasteiger partial charge on any atom is 0.177 e. The van der Waals surface area contributed by atoms with Crippen molar-refractivity contribution < 1.29 is 4.52 Å². The predicted molar refractivity (Wildman–Crippen MR) is 96.3 cm³/mol. The molecule has 7 heteroatoms. The van der Waals surface area contributed by atoms with Gasteiger partial charge in [0.1, 0.15) is 16.2 Å². The number of rotatable bonds is 4. The summed E-state index contributed by atoms with van der Waals surface area (Å²) >= 11 is 5.05. The van der Waals surface area contributed by atoms with Gasteiger partial charge in [-0.1, -0.05) is 23.0 Å². The highest BCUT2D eigenvalue weighted by atomic mass is 32.2. The van der Waals surface area contributed by atoms with Gasteiger partial charge in [0, 0.05) is 22.1 Å². The molecule has 0 saturated heterocycles. The van der Waals surface area contributed by atoms with E-state index in [2.05, 4.69) is 29.0 Å². The second kappa shape index (κ2) is 6.07. The smallest absolute Gasteiger partial charge is 0.177 e. The number of thioether (sulfide) groups is 1. The fraction of sp³-hybridized carbons (Fsp3) is 0.188. The fourth-order valence-electron chi connectivity index (χ4n) is 2.32. The van der Waals surface area contributed by atoms with Crippen LogP contribution in [0.5, 0.6) is 0 Å². The molecule has 0 N–H and O–H groups in total. The van der Waals surface area contributed by atoms with Crippen molar-refractivity contribution in [3.05, 3.63) is 46.0 Å². The van der Waals surface area contributed by atoms with Crippen LogP contribution in [-0.2, 0) is 5.75 Å². The Balaban J connectivity index is 1.58. The highest BCUT2D eigenvalue weighted by molar-refractivity contribution is 7.98. The van der Waals surface area contributed by atoms with Crippen LogP contribution in [-0.4, -0.2) is 15.1 Å². The van der Waals surface area contributed by atoms with Crippen LogP contribution >= 0.6 is 34.4 Å². The second-order valence-electron chi connectivity index (χ2n) is 5.09. The molecule has 0 aromatic carbocycles. The molecule has 0 aliphatic rings. The summed E-state index contributed by atoms with van der Waals surface area (Å²) in [4.78, 5) is 12.3. The minimum Gasteiger partial charge on any atom is -0.355 e. The number of aromatic nitrogens is 3. The van der Waals surface area contributed by atoms with Gasteiger partial charge in [0.15, 0.2) is 5.76 Å². The molecule has 0 fully saturated rings. The highest BCUT2D eigenvalue weighted by Crippen LogP contribution is 2.36. The predicted octanol–water partition coefficient (Wildman–Crippen LogP) is 5.32. The summed E-state index contributed by atoms with van der Waals surface area (Å²) in [6.07, 6.45) is 1.64. The molecule has 4 rings (SSSR count). The van der Waals surface area contributed by atoms with Crippen molar-refractivity contribution in [2.45, 2.75) is 24.6 Å². The van der Waals surface area contributed by atoms with E-state index in [-0.39, 0.29) is 0 Å². The first-order chi connectivity index (χ1) is 11.2. The Morgan fingerprint density at radius 2 is 2.17 bits per heavy atom. The molecular formula is C16H13N3OS3. The third kappa shape index (κ3) is 2.80. The Bertz CT molecular complexity index is 956. The molecule has 0 radical (unpaired) electrons. The number of aryl methyl sites for hydroxylation is 2. The lowest BCUT2D eigenvalue weighted by atomic mass is 10.2. The molecule has 0 unspecified atom stereocenters. The zero-order chi connectivity index (χ0) is 15.8. The molecule has 0 aliphatic heterocycles. The van der Waals surface area contributed by atoms with E-state index >= 15 is 0 Å². The number of hydrogen-bond donors (Lipinski definition) is 0. The third-order valence-corrected chi connectivity index (χ3v) is 6.63. The number of hydrogen-bond acceptors (Lipinski definition) is 7. The summed E-state index contributed by atoms with van der Waals surface area (Å²) in [5.41, 5.74) is 2.20. The molecule has 0 spiro atoms. The number of thiophene rings is 2. The van der Waals surface area contributed by atoms with Gasteiger partial charge in [0.05, 0.1) is 10.6 Å². The van der Waals surface area contributed by atoms with Crippen molar-refractivity contribution in [2.75, 3.05) is 0 Å². The zero-order valence-corrected chi connectivity index (χ0v) is 15.0. The monoisotopic (exact) mass is 359 g/mol. The van der Waals surface area contributed by atoms with Crippen LogP contribution in [0.25, 0.3) is 20.9 Å². The summed E-state index contributed by atoms with van der Waals surface area (Å²) in [6.45, 7) is 4.26. The highest BCUT2D eigenvalue weighted by Gasteiger charge is 2.14. The standard InChI is InChI=1S/C16H13N3OS3/c1-9-10(2)23-16-14(9)15(17-8-18-16)22-7-11-6-12(20-19-11)13-4-3-5-21-13/h3-6,8H,7H2,1-2H3. The van der Waals surface area contributed by atoms with Gasteiger partial charge in [-0.05, 0) is 30.9 Å². The summed E-state index contributed by atoms with van der Waals surface area (Å²) in [5.74, 6) is 1.56. The average molecular weight is 360 g/mol. The Morgan fingerprint density at radius 3 is 3.00 bits per heavy atom. The van der Waals surface area contributed by atoms with Gasteiger partial charge in [-0.3, -0.25) is 0 Å². The van der Waals surface area contributed by atoms with E-state index in [0.717, 1.165) is 31.9 Å². The van der Waals surface area contributed by atoms with E-state index in [1.54, 1.807) is 40.8 Å². The summed E-state index contributed by atoms with van der Waals surface area (Å²) < 4.78 is 5.43. The van der Waals surface area contributed by atoms with Gasteiger partial charge in [-0.25, -0.2) is 9.97 Å². The Hall–Kier alpha value is -1.70. The van der Waals surface area contributed by atoms with Gasteiger partial charge in [0.25, 0.3) is 0 Å². The molecule has 0 aliphatic carbocycles. The van der Waals surface area contributed by atoms with Gasteiger partial charge in [0.2, 0.25) is 0 Å². The van der Waals surface area contributed by atoms with E-state index in [4.69, 9.17) is 4.52 Å². The first-order valence-electron chi connectivity index (χ1n) is 7.05. The van der Waals surface area contributed by atoms with Crippen molar-refractivity contribution in [2.24, 2.45) is 0 Å². The van der Waals surface area contributed by atoms with E-state index < -0.39 is 0 Å². The normalized spacial score (nSPS) is 11.4. The van der Waals surface area contributed by atoms with E-state index in [1.165, 1.54) is 15.8 Å². The molecule has 23 heavy (non-hydrogen) atoms. The third-order valence-electron chi connectivity index (χ3n) is 3.61. The first-order valence-corrected chi connectivity index (χ1v) is 9.73. The molecule has 0 atom stereocenters. The molecule has 0 bridgehead atoms. The topological polar surface area (TPSA) is 51.8 Å². The summed E-state index contributed by atoms with van der Waals surface area (Å²) in [7, 11) is 0. The van der Waals surface area contributed by atoms with E-state index in [0.29, 0.717) is 0 Å². The quantitative estimate of drug-likeness (QED) is 0.365. The maximum absolute atomic E-state index is 5.43. The zero-order valence-electron chi connectivity index (χ0n) is 12.6. The van der Waals surface area contributed by atoms with Crippen LogP contribution in [0.1, 0.15) is 16.1 Å². The van der Waals surface area contributed by atoms with E-state index in [1.807, 2.05) is 23.6 Å². The lowest BCUT2D eigenvalue weighted by Gasteiger charge is -2.01. The van der Waals surface area contributed by atoms with Gasteiger partial charge >= 0.3 is 0 Å². The van der Waals surface area contributed by atoms with Crippen LogP contribution in [0.2, 0.25) is 0 Å². The van der Waals surface area contributed by atoms with Crippen molar-refractivity contribution in [1.29, 1.82) is 0 Å². The molecule has 0 amide bonds. The molecule has 4 heterocycles. The second-order valence-corrected chi connectivity index (χ2v) is 8.21. The van der Waals surface area contributed by atoms with Gasteiger partial charge < -0.3 is 4.52 Å². The summed E-state index contributed by atoms with van der Waals surface area (Å²) in [6, 6.07) is 6.05. The molecule has 4 aromatic heterocycles. The van der Waals surface area contributed by atoms with Crippen LogP contribution in [0.3, 0.4) is 0 Å². The Morgan fingerprint density at radius 1 is 1.26 bits per heavy atom. The maximum atomic E-state index is 5.43. The fourth-order valence-corrected chi connectivity index (χ4v) is 4.99. The minimum absolute atomic E-state index is 0.731. The summed E-state index contributed by atoms with van der Waals surface area (Å²) in [5, 5.41) is 8.38. The molecule has 0 saturated carbocycles. The van der Waals surface area contributed by atoms with Gasteiger partial charge in [-0.15, -0.1) is 22.7 Å². The Kier molecular flexibility index (Phi) is 3.92.